The molecule has 0 unspecified atom stereocenters. The second-order valence-corrected chi connectivity index (χ2v) is 5.49. The minimum absolute atomic E-state index is 0.157. The normalized spacial score (nSPS) is 11.8. The molecule has 0 aromatic heterocycles. The van der Waals surface area contributed by atoms with E-state index >= 15 is 0 Å². The fraction of sp³-hybridized carbons (Fsp3) is 0.286. The lowest BCUT2D eigenvalue weighted by Crippen LogP contribution is -2.07. The Labute approximate surface area is 109 Å². The molecule has 0 fully saturated rings. The molecule has 0 bridgehead atoms. The molecular weight excluding hydrogens is 248 g/mol. The Morgan fingerprint density at radius 3 is 2.50 bits per heavy atom. The predicted molar refractivity (Wildman–Crippen MR) is 72.9 cm³/mol. The maximum absolute atomic E-state index is 11.8. The van der Waals surface area contributed by atoms with E-state index in [0.717, 1.165) is 12.0 Å². The van der Waals surface area contributed by atoms with Crippen LogP contribution in [0.5, 0.6) is 0 Å². The van der Waals surface area contributed by atoms with Gasteiger partial charge in [0.25, 0.3) is 10.1 Å². The van der Waals surface area contributed by atoms with Crippen LogP contribution in [0.15, 0.2) is 54.0 Å². The quantitative estimate of drug-likeness (QED) is 0.432. The maximum atomic E-state index is 11.8. The lowest BCUT2D eigenvalue weighted by Gasteiger charge is -2.04. The van der Waals surface area contributed by atoms with Gasteiger partial charge in [-0.2, -0.15) is 8.42 Å². The highest BCUT2D eigenvalue weighted by Gasteiger charge is 2.13. The third-order valence-corrected chi connectivity index (χ3v) is 3.63. The van der Waals surface area contributed by atoms with Gasteiger partial charge in [-0.1, -0.05) is 35.9 Å². The summed E-state index contributed by atoms with van der Waals surface area (Å²) in [6, 6.07) is 6.61. The van der Waals surface area contributed by atoms with Crippen molar-refractivity contribution in [2.75, 3.05) is 6.61 Å². The first-order chi connectivity index (χ1) is 8.56. The predicted octanol–water partition coefficient (Wildman–Crippen LogP) is 3.22. The Morgan fingerprint density at radius 2 is 1.89 bits per heavy atom. The Bertz CT molecular complexity index is 498. The Kier molecular flexibility index (Phi) is 5.82. The molecule has 4 heteroatoms. The van der Waals surface area contributed by atoms with Crippen LogP contribution in [0.1, 0.15) is 18.4 Å². The minimum atomic E-state index is -3.62. The van der Waals surface area contributed by atoms with Crippen LogP contribution in [0.4, 0.5) is 0 Å². The minimum Gasteiger partial charge on any atom is -0.266 e. The third-order valence-electron chi connectivity index (χ3n) is 2.30. The topological polar surface area (TPSA) is 43.4 Å². The number of aryl methyl sites for hydroxylation is 1. The molecule has 1 aromatic rings. The van der Waals surface area contributed by atoms with Crippen molar-refractivity contribution in [1.82, 2.24) is 0 Å². The molecule has 0 spiro atoms. The van der Waals surface area contributed by atoms with Gasteiger partial charge in [0, 0.05) is 0 Å². The zero-order chi connectivity index (χ0) is 13.4. The molecule has 0 N–H and O–H groups in total. The van der Waals surface area contributed by atoms with Gasteiger partial charge in [-0.25, -0.2) is 0 Å². The van der Waals surface area contributed by atoms with E-state index in [1.165, 1.54) is 0 Å². The monoisotopic (exact) mass is 266 g/mol. The first-order valence-corrected chi connectivity index (χ1v) is 7.19. The van der Waals surface area contributed by atoms with Crippen LogP contribution in [-0.4, -0.2) is 15.0 Å². The first kappa shape index (κ1) is 14.7. The molecule has 0 aliphatic carbocycles. The summed E-state index contributed by atoms with van der Waals surface area (Å²) < 4.78 is 28.5. The van der Waals surface area contributed by atoms with Crippen molar-refractivity contribution in [2.45, 2.75) is 24.7 Å². The summed E-state index contributed by atoms with van der Waals surface area (Å²) in [5, 5.41) is 0. The van der Waals surface area contributed by atoms with E-state index < -0.39 is 10.1 Å². The lowest BCUT2D eigenvalue weighted by atomic mass is 10.2. The van der Waals surface area contributed by atoms with E-state index in [4.69, 9.17) is 4.18 Å². The third kappa shape index (κ3) is 4.85. The van der Waals surface area contributed by atoms with E-state index in [1.807, 2.05) is 19.1 Å². The number of hydrogen-bond acceptors (Lipinski definition) is 3. The zero-order valence-corrected chi connectivity index (χ0v) is 11.3. The highest BCUT2D eigenvalue weighted by Crippen LogP contribution is 2.13. The maximum Gasteiger partial charge on any atom is 0.296 e. The number of allylic oxidation sites excluding steroid dienone is 2. The average Bonchev–Trinajstić information content (AvgIpc) is 2.34. The van der Waals surface area contributed by atoms with E-state index in [2.05, 4.69) is 6.58 Å². The Morgan fingerprint density at radius 1 is 1.22 bits per heavy atom. The van der Waals surface area contributed by atoms with Gasteiger partial charge in [-0.05, 0) is 31.9 Å². The summed E-state index contributed by atoms with van der Waals surface area (Å²) >= 11 is 0. The van der Waals surface area contributed by atoms with E-state index in [0.29, 0.717) is 6.42 Å². The van der Waals surface area contributed by atoms with Crippen LogP contribution in [0.3, 0.4) is 0 Å². The van der Waals surface area contributed by atoms with Crippen LogP contribution in [0.25, 0.3) is 0 Å². The van der Waals surface area contributed by atoms with Crippen LogP contribution in [0.2, 0.25) is 0 Å². The van der Waals surface area contributed by atoms with Gasteiger partial charge < -0.3 is 0 Å². The van der Waals surface area contributed by atoms with Crippen LogP contribution in [-0.2, 0) is 14.3 Å². The molecule has 0 amide bonds. The fourth-order valence-corrected chi connectivity index (χ4v) is 2.23. The summed E-state index contributed by atoms with van der Waals surface area (Å²) in [6.45, 7) is 5.65. The zero-order valence-electron chi connectivity index (χ0n) is 10.5. The highest BCUT2D eigenvalue weighted by molar-refractivity contribution is 7.86. The van der Waals surface area contributed by atoms with Gasteiger partial charge in [0.2, 0.25) is 0 Å². The fourth-order valence-electron chi connectivity index (χ4n) is 1.31. The van der Waals surface area contributed by atoms with Gasteiger partial charge in [-0.15, -0.1) is 6.58 Å². The number of benzene rings is 1. The van der Waals surface area contributed by atoms with Gasteiger partial charge in [-0.3, -0.25) is 4.18 Å². The SMILES string of the molecule is C=CC/C=C\CCOS(=O)(=O)c1ccc(C)cc1. The van der Waals surface area contributed by atoms with Crippen molar-refractivity contribution in [3.8, 4) is 0 Å². The molecule has 1 aromatic carbocycles. The van der Waals surface area contributed by atoms with Crippen LogP contribution in [0, 0.1) is 6.92 Å². The molecular formula is C14H18O3S. The molecule has 0 radical (unpaired) electrons. The Hall–Kier alpha value is -1.39. The molecule has 3 nitrogen and oxygen atoms in total. The molecule has 0 aliphatic heterocycles. The standard InChI is InChI=1S/C14H18O3S/c1-3-4-5-6-7-12-17-18(15,16)14-10-8-13(2)9-11-14/h3,5-6,8-11H,1,4,7,12H2,2H3/b6-5-. The van der Waals surface area contributed by atoms with E-state index in [1.54, 1.807) is 30.3 Å². The molecule has 0 saturated heterocycles. The van der Waals surface area contributed by atoms with Gasteiger partial charge in [0.1, 0.15) is 0 Å². The van der Waals surface area contributed by atoms with Gasteiger partial charge in [0.05, 0.1) is 11.5 Å². The summed E-state index contributed by atoms with van der Waals surface area (Å²) in [5.74, 6) is 0. The van der Waals surface area contributed by atoms with Crippen molar-refractivity contribution in [3.63, 3.8) is 0 Å². The van der Waals surface area contributed by atoms with Crippen molar-refractivity contribution in [3.05, 3.63) is 54.6 Å². The van der Waals surface area contributed by atoms with Crippen molar-refractivity contribution >= 4 is 10.1 Å². The second-order valence-electron chi connectivity index (χ2n) is 3.87. The molecule has 18 heavy (non-hydrogen) atoms. The summed E-state index contributed by atoms with van der Waals surface area (Å²) in [4.78, 5) is 0.197. The Balaban J connectivity index is 2.50. The van der Waals surface area contributed by atoms with Crippen molar-refractivity contribution < 1.29 is 12.6 Å². The molecule has 0 saturated carbocycles. The largest absolute Gasteiger partial charge is 0.296 e. The van der Waals surface area contributed by atoms with Crippen LogP contribution >= 0.6 is 0 Å². The van der Waals surface area contributed by atoms with Crippen molar-refractivity contribution in [2.24, 2.45) is 0 Å². The highest BCUT2D eigenvalue weighted by atomic mass is 32.2. The number of rotatable bonds is 7. The molecule has 0 heterocycles. The second kappa shape index (κ2) is 7.13. The molecule has 1 rings (SSSR count). The van der Waals surface area contributed by atoms with E-state index in [-0.39, 0.29) is 11.5 Å². The van der Waals surface area contributed by atoms with Crippen molar-refractivity contribution in [1.29, 1.82) is 0 Å². The average molecular weight is 266 g/mol. The smallest absolute Gasteiger partial charge is 0.266 e. The van der Waals surface area contributed by atoms with Gasteiger partial charge >= 0.3 is 0 Å². The number of hydrogen-bond donors (Lipinski definition) is 0. The van der Waals surface area contributed by atoms with Crippen LogP contribution < -0.4 is 0 Å². The first-order valence-electron chi connectivity index (χ1n) is 5.78. The molecule has 98 valence electrons. The summed E-state index contributed by atoms with van der Waals surface area (Å²) in [6.07, 6.45) is 6.94. The lowest BCUT2D eigenvalue weighted by molar-refractivity contribution is 0.324. The summed E-state index contributed by atoms with van der Waals surface area (Å²) in [7, 11) is -3.62. The van der Waals surface area contributed by atoms with Gasteiger partial charge in [0.15, 0.2) is 0 Å². The molecule has 0 aliphatic rings. The summed E-state index contributed by atoms with van der Waals surface area (Å²) in [5.41, 5.74) is 1.02. The molecule has 0 atom stereocenters. The van der Waals surface area contributed by atoms with E-state index in [9.17, 15) is 8.42 Å².